The van der Waals surface area contributed by atoms with Crippen LogP contribution in [0.5, 0.6) is 5.75 Å². The lowest BCUT2D eigenvalue weighted by molar-refractivity contribution is -0.121. The molecule has 24 heavy (non-hydrogen) atoms. The molecule has 0 saturated heterocycles. The van der Waals surface area contributed by atoms with Crippen LogP contribution in [0.2, 0.25) is 5.02 Å². The fourth-order valence-corrected chi connectivity index (χ4v) is 2.86. The van der Waals surface area contributed by atoms with E-state index < -0.39 is 5.97 Å². The Balaban J connectivity index is 1.59. The van der Waals surface area contributed by atoms with Crippen molar-refractivity contribution in [1.29, 1.82) is 0 Å². The molecule has 6 nitrogen and oxygen atoms in total. The predicted molar refractivity (Wildman–Crippen MR) is 92.0 cm³/mol. The summed E-state index contributed by atoms with van der Waals surface area (Å²) < 4.78 is 5.51. The number of nitrogens with one attached hydrogen (secondary N) is 1. The number of hydrogen-bond acceptors (Lipinski definition) is 5. The average Bonchev–Trinajstić information content (AvgIpc) is 3.02. The first-order valence-corrected chi connectivity index (χ1v) is 8.63. The van der Waals surface area contributed by atoms with Crippen LogP contribution in [-0.2, 0) is 11.2 Å². The SMILES string of the molecule is O=C(CCCOc1ccccc1Cl)NCCc1nc(C(=O)O)cs1. The molecule has 1 aromatic heterocycles. The molecule has 0 aliphatic heterocycles. The molecular formula is C16H17ClN2O4S. The van der Waals surface area contributed by atoms with Crippen LogP contribution < -0.4 is 10.1 Å². The third kappa shape index (κ3) is 5.82. The van der Waals surface area contributed by atoms with Crippen molar-refractivity contribution in [2.45, 2.75) is 19.3 Å². The molecule has 0 spiro atoms. The summed E-state index contributed by atoms with van der Waals surface area (Å²) in [7, 11) is 0. The number of amides is 1. The fraction of sp³-hybridized carbons (Fsp3) is 0.312. The van der Waals surface area contributed by atoms with Gasteiger partial charge < -0.3 is 15.2 Å². The standard InChI is InChI=1S/C16H17ClN2O4S/c17-11-4-1-2-5-13(11)23-9-3-6-14(20)18-8-7-15-19-12(10-24-15)16(21)22/h1-2,4-5,10H,3,6-9H2,(H,18,20)(H,21,22). The Hall–Kier alpha value is -2.12. The maximum atomic E-state index is 11.7. The van der Waals surface area contributed by atoms with E-state index in [2.05, 4.69) is 10.3 Å². The van der Waals surface area contributed by atoms with E-state index in [4.69, 9.17) is 21.4 Å². The number of carbonyl (C=O) groups excluding carboxylic acids is 1. The number of ether oxygens (including phenoxy) is 1. The molecule has 0 atom stereocenters. The molecule has 0 radical (unpaired) electrons. The summed E-state index contributed by atoms with van der Waals surface area (Å²) in [4.78, 5) is 26.4. The van der Waals surface area contributed by atoms with Crippen LogP contribution >= 0.6 is 22.9 Å². The predicted octanol–water partition coefficient (Wildman–Crippen LogP) is 3.01. The number of halogens is 1. The van der Waals surface area contributed by atoms with Crippen LogP contribution in [0.1, 0.15) is 28.3 Å². The number of nitrogens with zero attached hydrogens (tertiary/aromatic N) is 1. The smallest absolute Gasteiger partial charge is 0.355 e. The Kier molecular flexibility index (Phi) is 7.02. The maximum Gasteiger partial charge on any atom is 0.355 e. The molecule has 128 valence electrons. The third-order valence-electron chi connectivity index (χ3n) is 3.07. The molecule has 0 unspecified atom stereocenters. The van der Waals surface area contributed by atoms with Gasteiger partial charge in [0.25, 0.3) is 0 Å². The molecule has 8 heteroatoms. The van der Waals surface area contributed by atoms with Crippen molar-refractivity contribution in [2.75, 3.05) is 13.2 Å². The summed E-state index contributed by atoms with van der Waals surface area (Å²) in [5.41, 5.74) is 0.0399. The number of rotatable bonds is 9. The molecule has 0 fully saturated rings. The molecule has 1 amide bonds. The van der Waals surface area contributed by atoms with Crippen LogP contribution in [0.4, 0.5) is 0 Å². The van der Waals surface area contributed by atoms with Crippen molar-refractivity contribution >= 4 is 34.8 Å². The Morgan fingerprint density at radius 1 is 1.33 bits per heavy atom. The number of para-hydroxylation sites is 1. The van der Waals surface area contributed by atoms with Crippen LogP contribution in [0.3, 0.4) is 0 Å². The van der Waals surface area contributed by atoms with Crippen molar-refractivity contribution < 1.29 is 19.4 Å². The molecule has 0 aliphatic rings. The Bertz CT molecular complexity index is 705. The highest BCUT2D eigenvalue weighted by Gasteiger charge is 2.09. The van der Waals surface area contributed by atoms with Gasteiger partial charge in [-0.05, 0) is 18.6 Å². The summed E-state index contributed by atoms with van der Waals surface area (Å²) in [6, 6.07) is 7.19. The zero-order valence-corrected chi connectivity index (χ0v) is 14.4. The number of carbonyl (C=O) groups is 2. The molecule has 1 heterocycles. The molecular weight excluding hydrogens is 352 g/mol. The van der Waals surface area contributed by atoms with E-state index in [1.54, 1.807) is 12.1 Å². The quantitative estimate of drug-likeness (QED) is 0.664. The van der Waals surface area contributed by atoms with E-state index in [1.165, 1.54) is 16.7 Å². The number of aromatic nitrogens is 1. The summed E-state index contributed by atoms with van der Waals surface area (Å²) in [6.45, 7) is 0.836. The normalized spacial score (nSPS) is 10.4. The Labute approximate surface area is 148 Å². The summed E-state index contributed by atoms with van der Waals surface area (Å²) in [5, 5.41) is 14.3. The van der Waals surface area contributed by atoms with Gasteiger partial charge in [-0.3, -0.25) is 4.79 Å². The van der Waals surface area contributed by atoms with Crippen molar-refractivity contribution in [3.8, 4) is 5.75 Å². The van der Waals surface area contributed by atoms with Gasteiger partial charge in [-0.1, -0.05) is 23.7 Å². The summed E-state index contributed by atoms with van der Waals surface area (Å²) in [5.74, 6) is -0.509. The third-order valence-corrected chi connectivity index (χ3v) is 4.30. The topological polar surface area (TPSA) is 88.5 Å². The second-order valence-corrected chi connectivity index (χ2v) is 6.26. The number of carboxylic acids is 1. The second kappa shape index (κ2) is 9.24. The fourth-order valence-electron chi connectivity index (χ4n) is 1.90. The van der Waals surface area contributed by atoms with Crippen molar-refractivity contribution in [3.05, 3.63) is 45.4 Å². The molecule has 0 saturated carbocycles. The van der Waals surface area contributed by atoms with E-state index >= 15 is 0 Å². The molecule has 2 aromatic rings. The van der Waals surface area contributed by atoms with E-state index in [0.29, 0.717) is 48.2 Å². The van der Waals surface area contributed by atoms with Gasteiger partial charge in [0, 0.05) is 24.8 Å². The van der Waals surface area contributed by atoms with Crippen LogP contribution in [0.25, 0.3) is 0 Å². The first-order chi connectivity index (χ1) is 11.6. The van der Waals surface area contributed by atoms with Crippen molar-refractivity contribution in [3.63, 3.8) is 0 Å². The van der Waals surface area contributed by atoms with E-state index in [-0.39, 0.29) is 11.6 Å². The summed E-state index contributed by atoms with van der Waals surface area (Å²) in [6.07, 6.45) is 1.44. The van der Waals surface area contributed by atoms with Gasteiger partial charge in [0.15, 0.2) is 5.69 Å². The minimum atomic E-state index is -1.04. The molecule has 0 bridgehead atoms. The van der Waals surface area contributed by atoms with Gasteiger partial charge in [-0.15, -0.1) is 11.3 Å². The first-order valence-electron chi connectivity index (χ1n) is 7.38. The van der Waals surface area contributed by atoms with Gasteiger partial charge >= 0.3 is 5.97 Å². The highest BCUT2D eigenvalue weighted by Crippen LogP contribution is 2.23. The number of hydrogen-bond donors (Lipinski definition) is 2. The van der Waals surface area contributed by atoms with Crippen LogP contribution in [0.15, 0.2) is 29.6 Å². The molecule has 2 rings (SSSR count). The Morgan fingerprint density at radius 2 is 2.12 bits per heavy atom. The van der Waals surface area contributed by atoms with Crippen LogP contribution in [-0.4, -0.2) is 35.1 Å². The largest absolute Gasteiger partial charge is 0.492 e. The van der Waals surface area contributed by atoms with E-state index in [1.807, 2.05) is 12.1 Å². The van der Waals surface area contributed by atoms with Crippen LogP contribution in [0, 0.1) is 0 Å². The van der Waals surface area contributed by atoms with E-state index in [9.17, 15) is 9.59 Å². The van der Waals surface area contributed by atoms with Gasteiger partial charge in [-0.25, -0.2) is 9.78 Å². The van der Waals surface area contributed by atoms with E-state index in [0.717, 1.165) is 0 Å². The Morgan fingerprint density at radius 3 is 2.83 bits per heavy atom. The zero-order chi connectivity index (χ0) is 17.4. The lowest BCUT2D eigenvalue weighted by atomic mass is 10.3. The highest BCUT2D eigenvalue weighted by molar-refractivity contribution is 7.09. The molecule has 2 N–H and O–H groups in total. The zero-order valence-electron chi connectivity index (χ0n) is 12.8. The van der Waals surface area contributed by atoms with Crippen molar-refractivity contribution in [1.82, 2.24) is 10.3 Å². The van der Waals surface area contributed by atoms with Gasteiger partial charge in [-0.2, -0.15) is 0 Å². The highest BCUT2D eigenvalue weighted by atomic mass is 35.5. The second-order valence-electron chi connectivity index (χ2n) is 4.91. The maximum absolute atomic E-state index is 11.7. The van der Waals surface area contributed by atoms with Gasteiger partial charge in [0.05, 0.1) is 16.6 Å². The lowest BCUT2D eigenvalue weighted by Gasteiger charge is -2.08. The molecule has 0 aliphatic carbocycles. The summed E-state index contributed by atoms with van der Waals surface area (Å²) >= 11 is 7.24. The lowest BCUT2D eigenvalue weighted by Crippen LogP contribution is -2.25. The number of carboxylic acid groups (broad SMARTS) is 1. The average molecular weight is 369 g/mol. The van der Waals surface area contributed by atoms with Crippen molar-refractivity contribution in [2.24, 2.45) is 0 Å². The number of benzene rings is 1. The minimum Gasteiger partial charge on any atom is -0.492 e. The monoisotopic (exact) mass is 368 g/mol. The number of aromatic carboxylic acids is 1. The number of thiazole rings is 1. The van der Waals surface area contributed by atoms with Gasteiger partial charge in [0.1, 0.15) is 5.75 Å². The molecule has 1 aromatic carbocycles. The first kappa shape index (κ1) is 18.2. The minimum absolute atomic E-state index is 0.0399. The van der Waals surface area contributed by atoms with Gasteiger partial charge in [0.2, 0.25) is 5.91 Å².